The van der Waals surface area contributed by atoms with Crippen molar-refractivity contribution < 1.29 is 13.7 Å². The Labute approximate surface area is 117 Å². The van der Waals surface area contributed by atoms with Crippen LogP contribution >= 0.6 is 0 Å². The maximum Gasteiger partial charge on any atom is 0.234 e. The summed E-state index contributed by atoms with van der Waals surface area (Å²) < 4.78 is 6.38. The van der Waals surface area contributed by atoms with E-state index in [0.717, 1.165) is 24.9 Å². The maximum atomic E-state index is 9.99. The zero-order valence-electron chi connectivity index (χ0n) is 12.4. The van der Waals surface area contributed by atoms with Crippen LogP contribution in [0.15, 0.2) is 9.98 Å². The van der Waals surface area contributed by atoms with Crippen molar-refractivity contribution in [3.63, 3.8) is 0 Å². The molecule has 5 nitrogen and oxygen atoms in total. The highest BCUT2D eigenvalue weighted by atomic mass is 28.4. The van der Waals surface area contributed by atoms with Crippen molar-refractivity contribution in [3.8, 4) is 0 Å². The number of isocyanates is 2. The first-order chi connectivity index (χ1) is 8.83. The first-order valence-corrected chi connectivity index (χ1v) is 12.8. The SMILES string of the molecule is C[Si](C)(CCCN=C=O)O[Si](C)(C)CCCN=C=O. The zero-order chi connectivity index (χ0) is 14.8. The van der Waals surface area contributed by atoms with E-state index in [1.54, 1.807) is 12.2 Å². The Kier molecular flexibility index (Phi) is 8.71. The summed E-state index contributed by atoms with van der Waals surface area (Å²) >= 11 is 0. The summed E-state index contributed by atoms with van der Waals surface area (Å²) in [5.74, 6) is 0. The van der Waals surface area contributed by atoms with Gasteiger partial charge in [-0.1, -0.05) is 0 Å². The van der Waals surface area contributed by atoms with E-state index in [4.69, 9.17) is 4.12 Å². The summed E-state index contributed by atoms with van der Waals surface area (Å²) in [4.78, 5) is 27.1. The Morgan fingerprint density at radius 2 is 1.21 bits per heavy atom. The molecule has 0 radical (unpaired) electrons. The molecule has 7 heteroatoms. The van der Waals surface area contributed by atoms with Crippen LogP contribution in [0, 0.1) is 0 Å². The van der Waals surface area contributed by atoms with Crippen molar-refractivity contribution in [2.45, 2.75) is 51.1 Å². The average molecular weight is 301 g/mol. The Hall–Kier alpha value is -0.846. The molecular weight excluding hydrogens is 276 g/mol. The van der Waals surface area contributed by atoms with E-state index in [2.05, 4.69) is 36.2 Å². The fraction of sp³-hybridized carbons (Fsp3) is 0.833. The predicted octanol–water partition coefficient (Wildman–Crippen LogP) is 2.87. The summed E-state index contributed by atoms with van der Waals surface area (Å²) in [5, 5.41) is 0. The van der Waals surface area contributed by atoms with Crippen molar-refractivity contribution in [2.24, 2.45) is 9.98 Å². The summed E-state index contributed by atoms with van der Waals surface area (Å²) in [5.41, 5.74) is 0. The minimum Gasteiger partial charge on any atom is -0.455 e. The molecule has 0 heterocycles. The van der Waals surface area contributed by atoms with Gasteiger partial charge in [0.15, 0.2) is 16.6 Å². The van der Waals surface area contributed by atoms with Crippen molar-refractivity contribution in [2.75, 3.05) is 13.1 Å². The number of rotatable bonds is 10. The largest absolute Gasteiger partial charge is 0.455 e. The Bertz CT molecular complexity index is 326. The van der Waals surface area contributed by atoms with Gasteiger partial charge < -0.3 is 4.12 Å². The smallest absolute Gasteiger partial charge is 0.234 e. The molecule has 0 unspecified atom stereocenters. The van der Waals surface area contributed by atoms with Crippen LogP contribution in [0.5, 0.6) is 0 Å². The highest BCUT2D eigenvalue weighted by molar-refractivity contribution is 6.84. The van der Waals surface area contributed by atoms with E-state index in [0.29, 0.717) is 13.1 Å². The fourth-order valence-electron chi connectivity index (χ4n) is 2.11. The lowest BCUT2D eigenvalue weighted by molar-refractivity contribution is 0.529. The van der Waals surface area contributed by atoms with Crippen LogP contribution in [0.2, 0.25) is 38.3 Å². The molecule has 0 aromatic carbocycles. The van der Waals surface area contributed by atoms with Gasteiger partial charge in [-0.15, -0.1) is 0 Å². The maximum absolute atomic E-state index is 9.99. The molecule has 0 aliphatic rings. The first-order valence-electron chi connectivity index (χ1n) is 6.60. The minimum absolute atomic E-state index is 0.541. The van der Waals surface area contributed by atoms with Gasteiger partial charge >= 0.3 is 0 Å². The van der Waals surface area contributed by atoms with Crippen LogP contribution in [-0.4, -0.2) is 41.9 Å². The highest BCUT2D eigenvalue weighted by Gasteiger charge is 2.32. The number of hydrogen-bond donors (Lipinski definition) is 0. The Morgan fingerprint density at radius 3 is 1.53 bits per heavy atom. The highest BCUT2D eigenvalue weighted by Crippen LogP contribution is 2.23. The molecule has 0 spiro atoms. The van der Waals surface area contributed by atoms with Gasteiger partial charge in [-0.3, -0.25) is 0 Å². The second kappa shape index (κ2) is 9.12. The monoisotopic (exact) mass is 300 g/mol. The van der Waals surface area contributed by atoms with E-state index in [1.165, 1.54) is 0 Å². The standard InChI is InChI=1S/C12H24N2O3Si2/c1-18(2,9-5-7-13-11-15)17-19(3,4)10-6-8-14-12-16/h5-10H2,1-4H3. The van der Waals surface area contributed by atoms with Crippen LogP contribution in [0.4, 0.5) is 0 Å². The Morgan fingerprint density at radius 1 is 0.842 bits per heavy atom. The fourth-order valence-corrected chi connectivity index (χ4v) is 10.9. The van der Waals surface area contributed by atoms with Crippen LogP contribution in [0.3, 0.4) is 0 Å². The third kappa shape index (κ3) is 10.7. The van der Waals surface area contributed by atoms with E-state index < -0.39 is 16.6 Å². The topological polar surface area (TPSA) is 68.1 Å². The van der Waals surface area contributed by atoms with Crippen molar-refractivity contribution >= 4 is 28.8 Å². The minimum atomic E-state index is -1.69. The molecule has 0 aliphatic heterocycles. The lowest BCUT2D eigenvalue weighted by Crippen LogP contribution is -2.44. The van der Waals surface area contributed by atoms with Gasteiger partial charge in [-0.25, -0.2) is 19.6 Å². The quantitative estimate of drug-likeness (QED) is 0.270. The predicted molar refractivity (Wildman–Crippen MR) is 80.9 cm³/mol. The summed E-state index contributed by atoms with van der Waals surface area (Å²) in [7, 11) is -3.39. The number of aliphatic imine (C=N–C) groups is 2. The van der Waals surface area contributed by atoms with Gasteiger partial charge in [0.2, 0.25) is 12.2 Å². The van der Waals surface area contributed by atoms with Gasteiger partial charge in [0, 0.05) is 0 Å². The first kappa shape index (κ1) is 18.2. The van der Waals surface area contributed by atoms with Crippen LogP contribution in [0.1, 0.15) is 12.8 Å². The molecule has 0 bridgehead atoms. The van der Waals surface area contributed by atoms with Crippen LogP contribution in [-0.2, 0) is 13.7 Å². The van der Waals surface area contributed by atoms with Gasteiger partial charge in [-0.05, 0) is 51.1 Å². The number of nitrogens with zero attached hydrogens (tertiary/aromatic N) is 2. The van der Waals surface area contributed by atoms with Crippen LogP contribution in [0.25, 0.3) is 0 Å². The van der Waals surface area contributed by atoms with E-state index in [1.807, 2.05) is 0 Å². The molecule has 0 aromatic rings. The third-order valence-corrected chi connectivity index (χ3v) is 10.3. The third-order valence-electron chi connectivity index (χ3n) is 2.78. The van der Waals surface area contributed by atoms with Gasteiger partial charge in [0.1, 0.15) is 0 Å². The molecule has 108 valence electrons. The van der Waals surface area contributed by atoms with Gasteiger partial charge in [0.25, 0.3) is 0 Å². The second-order valence-electron chi connectivity index (χ2n) is 5.77. The number of hydrogen-bond acceptors (Lipinski definition) is 5. The number of carbonyl (C=O) groups excluding carboxylic acids is 2. The Balaban J connectivity index is 4.12. The van der Waals surface area contributed by atoms with Crippen molar-refractivity contribution in [1.82, 2.24) is 0 Å². The van der Waals surface area contributed by atoms with E-state index >= 15 is 0 Å². The molecule has 0 amide bonds. The summed E-state index contributed by atoms with van der Waals surface area (Å²) in [6.45, 7) is 9.90. The zero-order valence-corrected chi connectivity index (χ0v) is 14.4. The molecule has 0 atom stereocenters. The van der Waals surface area contributed by atoms with Gasteiger partial charge in [0.05, 0.1) is 13.1 Å². The molecule has 0 aromatic heterocycles. The lowest BCUT2D eigenvalue weighted by Gasteiger charge is -2.34. The molecule has 0 fully saturated rings. The lowest BCUT2D eigenvalue weighted by atomic mass is 10.5. The van der Waals surface area contributed by atoms with Gasteiger partial charge in [-0.2, -0.15) is 0 Å². The molecule has 0 N–H and O–H groups in total. The summed E-state index contributed by atoms with van der Waals surface area (Å²) in [6.07, 6.45) is 4.88. The molecule has 19 heavy (non-hydrogen) atoms. The second-order valence-corrected chi connectivity index (χ2v) is 14.6. The van der Waals surface area contributed by atoms with Crippen molar-refractivity contribution in [3.05, 3.63) is 0 Å². The molecule has 0 rings (SSSR count). The van der Waals surface area contributed by atoms with Crippen molar-refractivity contribution in [1.29, 1.82) is 0 Å². The molecular formula is C12H24N2O3Si2. The van der Waals surface area contributed by atoms with Crippen LogP contribution < -0.4 is 0 Å². The molecule has 0 saturated heterocycles. The molecule has 0 saturated carbocycles. The van der Waals surface area contributed by atoms with E-state index in [-0.39, 0.29) is 0 Å². The molecule has 0 aliphatic carbocycles. The van der Waals surface area contributed by atoms with E-state index in [9.17, 15) is 9.59 Å². The summed E-state index contributed by atoms with van der Waals surface area (Å²) in [6, 6.07) is 2.00. The normalized spacial score (nSPS) is 11.6. The average Bonchev–Trinajstić information content (AvgIpc) is 2.29.